The molecular weight excluding hydrogens is 432 g/mol. The topological polar surface area (TPSA) is 96.6 Å². The van der Waals surface area contributed by atoms with Crippen LogP contribution < -0.4 is 5.32 Å². The number of rotatable bonds is 4. The van der Waals surface area contributed by atoms with Gasteiger partial charge >= 0.3 is 0 Å². The van der Waals surface area contributed by atoms with Gasteiger partial charge in [0.05, 0.1) is 21.3 Å². The average molecular weight is 445 g/mol. The number of halogens is 1. The molecule has 0 aliphatic heterocycles. The molecule has 2 aromatic carbocycles. The molecule has 0 radical (unpaired) electrons. The highest BCUT2D eigenvalue weighted by molar-refractivity contribution is 9.10. The van der Waals surface area contributed by atoms with E-state index in [1.165, 1.54) is 12.1 Å². The Bertz CT molecular complexity index is 1240. The second-order valence-electron chi connectivity index (χ2n) is 5.75. The summed E-state index contributed by atoms with van der Waals surface area (Å²) in [6.45, 7) is 0. The largest absolute Gasteiger partial charge is 0.340 e. The normalized spacial score (nSPS) is 11.6. The van der Waals surface area contributed by atoms with Crippen LogP contribution in [0.4, 0.5) is 11.5 Å². The van der Waals surface area contributed by atoms with E-state index >= 15 is 0 Å². The fourth-order valence-electron chi connectivity index (χ4n) is 2.66. The minimum absolute atomic E-state index is 0.192. The highest BCUT2D eigenvalue weighted by atomic mass is 79.9. The summed E-state index contributed by atoms with van der Waals surface area (Å²) in [6, 6.07) is 17.4. The van der Waals surface area contributed by atoms with E-state index in [1.807, 2.05) is 36.4 Å². The summed E-state index contributed by atoms with van der Waals surface area (Å²) in [5.41, 5.74) is 2.77. The Balaban J connectivity index is 1.84. The van der Waals surface area contributed by atoms with Gasteiger partial charge in [0, 0.05) is 17.3 Å². The van der Waals surface area contributed by atoms with Crippen molar-refractivity contribution in [3.63, 3.8) is 0 Å². The molecule has 2 heterocycles. The Morgan fingerprint density at radius 2 is 1.81 bits per heavy atom. The lowest BCUT2D eigenvalue weighted by Crippen LogP contribution is -2.04. The van der Waals surface area contributed by atoms with Crippen molar-refractivity contribution in [2.75, 3.05) is 5.32 Å². The van der Waals surface area contributed by atoms with Gasteiger partial charge in [0.25, 0.3) is 10.1 Å². The van der Waals surface area contributed by atoms with Crippen molar-refractivity contribution in [1.29, 1.82) is 0 Å². The third-order valence-electron chi connectivity index (χ3n) is 3.90. The zero-order valence-electron chi connectivity index (χ0n) is 13.7. The molecule has 27 heavy (non-hydrogen) atoms. The number of hydrogen-bond donors (Lipinski definition) is 2. The molecule has 7 nitrogen and oxygen atoms in total. The van der Waals surface area contributed by atoms with Gasteiger partial charge < -0.3 is 5.32 Å². The van der Waals surface area contributed by atoms with Crippen LogP contribution >= 0.6 is 15.9 Å². The van der Waals surface area contributed by atoms with Gasteiger partial charge in [-0.2, -0.15) is 18.0 Å². The maximum atomic E-state index is 11.4. The zero-order valence-corrected chi connectivity index (χ0v) is 16.1. The molecule has 2 N–H and O–H groups in total. The van der Waals surface area contributed by atoms with Crippen LogP contribution in [0, 0.1) is 0 Å². The highest BCUT2D eigenvalue weighted by Gasteiger charge is 2.13. The molecule has 0 amide bonds. The van der Waals surface area contributed by atoms with Crippen molar-refractivity contribution in [2.45, 2.75) is 4.90 Å². The van der Waals surface area contributed by atoms with Gasteiger partial charge in [0.2, 0.25) is 0 Å². The molecule has 0 aliphatic rings. The average Bonchev–Trinajstić information content (AvgIpc) is 3.03. The van der Waals surface area contributed by atoms with Gasteiger partial charge in [-0.1, -0.05) is 36.4 Å². The van der Waals surface area contributed by atoms with Crippen molar-refractivity contribution < 1.29 is 13.0 Å². The molecule has 0 bridgehead atoms. The number of benzene rings is 2. The Morgan fingerprint density at radius 1 is 1.04 bits per heavy atom. The third-order valence-corrected chi connectivity index (χ3v) is 5.31. The van der Waals surface area contributed by atoms with Crippen molar-refractivity contribution in [1.82, 2.24) is 14.6 Å². The Hall–Kier alpha value is -2.75. The fraction of sp³-hybridized carbons (Fsp3) is 0. The van der Waals surface area contributed by atoms with Crippen molar-refractivity contribution >= 4 is 43.2 Å². The predicted octanol–water partition coefficient (Wildman–Crippen LogP) is 4.15. The van der Waals surface area contributed by atoms with Crippen LogP contribution in [0.25, 0.3) is 16.9 Å². The molecule has 4 aromatic rings. The van der Waals surface area contributed by atoms with Crippen molar-refractivity contribution in [2.24, 2.45) is 0 Å². The van der Waals surface area contributed by atoms with Gasteiger partial charge in [-0.25, -0.2) is 4.98 Å². The van der Waals surface area contributed by atoms with Crippen molar-refractivity contribution in [3.8, 4) is 11.3 Å². The lowest BCUT2D eigenvalue weighted by molar-refractivity contribution is 0.483. The first-order chi connectivity index (χ1) is 12.9. The van der Waals surface area contributed by atoms with E-state index in [2.05, 4.69) is 31.3 Å². The van der Waals surface area contributed by atoms with Gasteiger partial charge in [0.15, 0.2) is 5.65 Å². The monoisotopic (exact) mass is 444 g/mol. The number of anilines is 2. The summed E-state index contributed by atoms with van der Waals surface area (Å²) in [6.07, 6.45) is 1.64. The summed E-state index contributed by atoms with van der Waals surface area (Å²) >= 11 is 3.44. The third kappa shape index (κ3) is 3.57. The predicted molar refractivity (Wildman–Crippen MR) is 106 cm³/mol. The molecule has 0 fully saturated rings. The molecule has 136 valence electrons. The molecule has 9 heteroatoms. The maximum Gasteiger partial charge on any atom is 0.294 e. The van der Waals surface area contributed by atoms with Crippen LogP contribution in [0.3, 0.4) is 0 Å². The van der Waals surface area contributed by atoms with E-state index in [0.29, 0.717) is 17.2 Å². The lowest BCUT2D eigenvalue weighted by Gasteiger charge is -2.11. The van der Waals surface area contributed by atoms with Gasteiger partial charge in [0.1, 0.15) is 5.82 Å². The van der Waals surface area contributed by atoms with E-state index in [1.54, 1.807) is 22.8 Å². The van der Waals surface area contributed by atoms with Crippen LogP contribution in [0.5, 0.6) is 0 Å². The molecule has 0 saturated heterocycles. The summed E-state index contributed by atoms with van der Waals surface area (Å²) in [4.78, 5) is 4.45. The Morgan fingerprint density at radius 3 is 2.56 bits per heavy atom. The number of aromatic nitrogens is 3. The van der Waals surface area contributed by atoms with Crippen LogP contribution in [0.2, 0.25) is 0 Å². The number of nitrogens with one attached hydrogen (secondary N) is 1. The fourth-order valence-corrected chi connectivity index (χ4v) is 3.54. The molecule has 2 aromatic heterocycles. The first-order valence-corrected chi connectivity index (χ1v) is 10.1. The standard InChI is InChI=1S/C18H13BrN4O3S/c19-15-11-20-23-17(21-13-7-4-8-14(9-13)27(24,25)26)10-16(22-18(15)23)12-5-2-1-3-6-12/h1-11,21H,(H,24,25,26). The summed E-state index contributed by atoms with van der Waals surface area (Å²) in [5.74, 6) is 0.594. The van der Waals surface area contributed by atoms with Crippen LogP contribution in [-0.2, 0) is 10.1 Å². The Labute approximate surface area is 163 Å². The molecule has 4 rings (SSSR count). The van der Waals surface area contributed by atoms with Gasteiger partial charge in [-0.05, 0) is 34.1 Å². The van der Waals surface area contributed by atoms with Gasteiger partial charge in [-0.3, -0.25) is 4.55 Å². The van der Waals surface area contributed by atoms with Crippen molar-refractivity contribution in [3.05, 3.63) is 71.3 Å². The summed E-state index contributed by atoms with van der Waals surface area (Å²) in [7, 11) is -4.29. The number of fused-ring (bicyclic) bond motifs is 1. The van der Waals surface area contributed by atoms with E-state index in [4.69, 9.17) is 0 Å². The molecule has 0 spiro atoms. The highest BCUT2D eigenvalue weighted by Crippen LogP contribution is 2.28. The van der Waals surface area contributed by atoms with E-state index in [0.717, 1.165) is 15.7 Å². The minimum Gasteiger partial charge on any atom is -0.340 e. The zero-order chi connectivity index (χ0) is 19.0. The summed E-state index contributed by atoms with van der Waals surface area (Å²) in [5, 5.41) is 7.44. The van der Waals surface area contributed by atoms with E-state index in [-0.39, 0.29) is 4.90 Å². The first kappa shape index (κ1) is 17.7. The van der Waals surface area contributed by atoms with E-state index < -0.39 is 10.1 Å². The van der Waals surface area contributed by atoms with Crippen LogP contribution in [0.1, 0.15) is 0 Å². The Kier molecular flexibility index (Phi) is 4.42. The van der Waals surface area contributed by atoms with E-state index in [9.17, 15) is 13.0 Å². The molecule has 0 atom stereocenters. The second-order valence-corrected chi connectivity index (χ2v) is 8.02. The second kappa shape index (κ2) is 6.76. The number of nitrogens with zero attached hydrogens (tertiary/aromatic N) is 3. The van der Waals surface area contributed by atoms with Crippen LogP contribution in [-0.4, -0.2) is 27.6 Å². The maximum absolute atomic E-state index is 11.4. The molecule has 0 unspecified atom stereocenters. The lowest BCUT2D eigenvalue weighted by atomic mass is 10.1. The minimum atomic E-state index is -4.29. The quantitative estimate of drug-likeness (QED) is 0.459. The molecule has 0 aliphatic carbocycles. The first-order valence-electron chi connectivity index (χ1n) is 7.86. The van der Waals surface area contributed by atoms with Crippen LogP contribution in [0.15, 0.2) is 76.2 Å². The van der Waals surface area contributed by atoms with Gasteiger partial charge in [-0.15, -0.1) is 0 Å². The SMILES string of the molecule is O=S(=O)(O)c1cccc(Nc2cc(-c3ccccc3)nc3c(Br)cnn23)c1. The molecule has 0 saturated carbocycles. The number of hydrogen-bond acceptors (Lipinski definition) is 5. The smallest absolute Gasteiger partial charge is 0.294 e. The summed E-state index contributed by atoms with van der Waals surface area (Å²) < 4.78 is 34.4. The molecular formula is C18H13BrN4O3S.